The zero-order chi connectivity index (χ0) is 14.5. The maximum absolute atomic E-state index is 13.4. The number of hydrogen-bond donors (Lipinski definition) is 1. The van der Waals surface area contributed by atoms with Gasteiger partial charge in [-0.15, -0.1) is 11.3 Å². The van der Waals surface area contributed by atoms with Crippen molar-refractivity contribution in [3.63, 3.8) is 0 Å². The number of halogens is 2. The normalized spacial score (nSPS) is 12.6. The number of benzene rings is 1. The number of aryl methyl sites for hydroxylation is 1. The Morgan fingerprint density at radius 1 is 1.45 bits per heavy atom. The number of nitrogens with zero attached hydrogens (tertiary/aromatic N) is 1. The molecule has 0 radical (unpaired) electrons. The number of aromatic nitrogens is 1. The Labute approximate surface area is 131 Å². The van der Waals surface area contributed by atoms with Crippen LogP contribution in [0.2, 0.25) is 0 Å². The summed E-state index contributed by atoms with van der Waals surface area (Å²) in [6.45, 7) is 5.07. The lowest BCUT2D eigenvalue weighted by molar-refractivity contribution is 0.526. The smallest absolute Gasteiger partial charge is 0.137 e. The topological polar surface area (TPSA) is 24.9 Å². The lowest BCUT2D eigenvalue weighted by atomic mass is 10.0. The summed E-state index contributed by atoms with van der Waals surface area (Å²) in [6.07, 6.45) is 1.90. The molecule has 2 nitrogen and oxygen atoms in total. The first-order chi connectivity index (χ1) is 9.60. The van der Waals surface area contributed by atoms with E-state index in [0.717, 1.165) is 35.7 Å². The van der Waals surface area contributed by atoms with Crippen molar-refractivity contribution in [2.45, 2.75) is 32.7 Å². The van der Waals surface area contributed by atoms with Crippen molar-refractivity contribution in [1.29, 1.82) is 0 Å². The molecule has 20 heavy (non-hydrogen) atoms. The summed E-state index contributed by atoms with van der Waals surface area (Å²) in [5.74, 6) is -0.229. The molecule has 1 N–H and O–H groups in total. The summed E-state index contributed by atoms with van der Waals surface area (Å²) in [6, 6.07) is 5.36. The third-order valence-corrected chi connectivity index (χ3v) is 4.63. The van der Waals surface area contributed by atoms with Crippen molar-refractivity contribution in [2.75, 3.05) is 6.54 Å². The maximum Gasteiger partial charge on any atom is 0.137 e. The molecule has 0 saturated carbocycles. The minimum Gasteiger partial charge on any atom is -0.310 e. The molecule has 1 aromatic carbocycles. The fraction of sp³-hybridized carbons (Fsp3) is 0.400. The molecule has 1 heterocycles. The van der Waals surface area contributed by atoms with Crippen LogP contribution < -0.4 is 5.32 Å². The summed E-state index contributed by atoms with van der Waals surface area (Å²) < 4.78 is 13.9. The van der Waals surface area contributed by atoms with Gasteiger partial charge in [0, 0.05) is 23.5 Å². The first-order valence-corrected chi connectivity index (χ1v) is 8.36. The van der Waals surface area contributed by atoms with Crippen molar-refractivity contribution in [2.24, 2.45) is 0 Å². The molecule has 2 aromatic rings. The van der Waals surface area contributed by atoms with Crippen LogP contribution in [0.4, 0.5) is 4.39 Å². The highest BCUT2D eigenvalue weighted by molar-refractivity contribution is 9.10. The summed E-state index contributed by atoms with van der Waals surface area (Å²) in [7, 11) is 0. The molecule has 0 bridgehead atoms. The average molecular weight is 357 g/mol. The van der Waals surface area contributed by atoms with E-state index in [2.05, 4.69) is 38.5 Å². The van der Waals surface area contributed by atoms with Gasteiger partial charge >= 0.3 is 0 Å². The second kappa shape index (κ2) is 7.29. The predicted molar refractivity (Wildman–Crippen MR) is 85.7 cm³/mol. The van der Waals surface area contributed by atoms with Gasteiger partial charge in [0.15, 0.2) is 0 Å². The van der Waals surface area contributed by atoms with Crippen LogP contribution >= 0.6 is 27.3 Å². The van der Waals surface area contributed by atoms with Gasteiger partial charge in [-0.25, -0.2) is 9.37 Å². The van der Waals surface area contributed by atoms with Crippen LogP contribution in [-0.2, 0) is 6.42 Å². The van der Waals surface area contributed by atoms with Gasteiger partial charge < -0.3 is 5.32 Å². The van der Waals surface area contributed by atoms with Crippen LogP contribution in [0.5, 0.6) is 0 Å². The molecule has 1 aromatic heterocycles. The zero-order valence-corrected chi connectivity index (χ0v) is 14.0. The summed E-state index contributed by atoms with van der Waals surface area (Å²) >= 11 is 4.93. The van der Waals surface area contributed by atoms with E-state index in [1.807, 2.05) is 19.1 Å². The lowest BCUT2D eigenvalue weighted by Crippen LogP contribution is -2.24. The molecule has 5 heteroatoms. The third kappa shape index (κ3) is 4.11. The highest BCUT2D eigenvalue weighted by Crippen LogP contribution is 2.25. The van der Waals surface area contributed by atoms with E-state index in [1.54, 1.807) is 11.3 Å². The molecule has 2 rings (SSSR count). The standard InChI is InChI=1S/C15H18BrFN2S/c1-3-6-18-14(8-15-19-10(2)9-20-15)11-4-5-13(17)12(16)7-11/h4-5,7,9,14,18H,3,6,8H2,1-2H3. The summed E-state index contributed by atoms with van der Waals surface area (Å²) in [5.41, 5.74) is 2.14. The highest BCUT2D eigenvalue weighted by atomic mass is 79.9. The van der Waals surface area contributed by atoms with Crippen molar-refractivity contribution in [1.82, 2.24) is 10.3 Å². The van der Waals surface area contributed by atoms with Crippen LogP contribution in [0, 0.1) is 12.7 Å². The Kier molecular flexibility index (Phi) is 5.69. The van der Waals surface area contributed by atoms with Gasteiger partial charge in [-0.1, -0.05) is 13.0 Å². The van der Waals surface area contributed by atoms with E-state index >= 15 is 0 Å². The van der Waals surface area contributed by atoms with Crippen molar-refractivity contribution >= 4 is 27.3 Å². The number of rotatable bonds is 6. The molecule has 0 spiro atoms. The molecule has 108 valence electrons. The second-order valence-electron chi connectivity index (χ2n) is 4.77. The van der Waals surface area contributed by atoms with Crippen LogP contribution in [-0.4, -0.2) is 11.5 Å². The van der Waals surface area contributed by atoms with Crippen LogP contribution in [0.3, 0.4) is 0 Å². The fourth-order valence-electron chi connectivity index (χ4n) is 2.03. The molecule has 0 amide bonds. The monoisotopic (exact) mass is 356 g/mol. The van der Waals surface area contributed by atoms with E-state index in [1.165, 1.54) is 6.07 Å². The molecular weight excluding hydrogens is 339 g/mol. The zero-order valence-electron chi connectivity index (χ0n) is 11.6. The average Bonchev–Trinajstić information content (AvgIpc) is 2.83. The molecular formula is C15H18BrFN2S. The SMILES string of the molecule is CCCNC(Cc1nc(C)cs1)c1ccc(F)c(Br)c1. The highest BCUT2D eigenvalue weighted by Gasteiger charge is 2.15. The van der Waals surface area contributed by atoms with Crippen LogP contribution in [0.1, 0.15) is 35.7 Å². The van der Waals surface area contributed by atoms with E-state index in [9.17, 15) is 4.39 Å². The van der Waals surface area contributed by atoms with Gasteiger partial charge in [0.1, 0.15) is 5.82 Å². The van der Waals surface area contributed by atoms with Crippen molar-refractivity contribution in [3.05, 3.63) is 50.1 Å². The van der Waals surface area contributed by atoms with Gasteiger partial charge in [-0.2, -0.15) is 0 Å². The van der Waals surface area contributed by atoms with Crippen LogP contribution in [0.15, 0.2) is 28.1 Å². The van der Waals surface area contributed by atoms with Gasteiger partial charge in [-0.05, 0) is 53.5 Å². The third-order valence-electron chi connectivity index (χ3n) is 3.03. The fourth-order valence-corrected chi connectivity index (χ4v) is 3.24. The van der Waals surface area contributed by atoms with E-state index < -0.39 is 0 Å². The molecule has 1 unspecified atom stereocenters. The van der Waals surface area contributed by atoms with E-state index in [0.29, 0.717) is 4.47 Å². The predicted octanol–water partition coefficient (Wildman–Crippen LogP) is 4.64. The first-order valence-electron chi connectivity index (χ1n) is 6.69. The Hall–Kier alpha value is -0.780. The molecule has 0 aliphatic heterocycles. The van der Waals surface area contributed by atoms with Crippen molar-refractivity contribution in [3.8, 4) is 0 Å². The Balaban J connectivity index is 2.19. The molecule has 0 saturated heterocycles. The minimum atomic E-state index is -0.229. The quantitative estimate of drug-likeness (QED) is 0.815. The minimum absolute atomic E-state index is 0.164. The summed E-state index contributed by atoms with van der Waals surface area (Å²) in [4.78, 5) is 4.52. The Morgan fingerprint density at radius 3 is 2.85 bits per heavy atom. The lowest BCUT2D eigenvalue weighted by Gasteiger charge is -2.18. The van der Waals surface area contributed by atoms with E-state index in [-0.39, 0.29) is 11.9 Å². The Bertz CT molecular complexity index is 571. The number of nitrogens with one attached hydrogen (secondary N) is 1. The first kappa shape index (κ1) is 15.6. The Morgan fingerprint density at radius 2 is 2.25 bits per heavy atom. The molecule has 0 aliphatic rings. The number of hydrogen-bond acceptors (Lipinski definition) is 3. The molecule has 0 fully saturated rings. The van der Waals surface area contributed by atoms with Gasteiger partial charge in [0.2, 0.25) is 0 Å². The molecule has 1 atom stereocenters. The molecule has 0 aliphatic carbocycles. The van der Waals surface area contributed by atoms with Crippen LogP contribution in [0.25, 0.3) is 0 Å². The largest absolute Gasteiger partial charge is 0.310 e. The van der Waals surface area contributed by atoms with Crippen molar-refractivity contribution < 1.29 is 4.39 Å². The summed E-state index contributed by atoms with van der Waals surface area (Å²) in [5, 5.41) is 6.68. The van der Waals surface area contributed by atoms with Gasteiger partial charge in [0.25, 0.3) is 0 Å². The number of thiazole rings is 1. The van der Waals surface area contributed by atoms with Gasteiger partial charge in [-0.3, -0.25) is 0 Å². The van der Waals surface area contributed by atoms with E-state index in [4.69, 9.17) is 0 Å². The second-order valence-corrected chi connectivity index (χ2v) is 6.56. The maximum atomic E-state index is 13.4. The van der Waals surface area contributed by atoms with Gasteiger partial charge in [0.05, 0.1) is 9.48 Å².